The summed E-state index contributed by atoms with van der Waals surface area (Å²) in [6, 6.07) is 1.13. The van der Waals surface area contributed by atoms with E-state index in [0.717, 1.165) is 6.07 Å². The average molecular weight is 222 g/mol. The van der Waals surface area contributed by atoms with Gasteiger partial charge in [-0.25, -0.2) is 13.8 Å². The summed E-state index contributed by atoms with van der Waals surface area (Å²) in [6.45, 7) is 0. The molecular formula is C8H6ClF2NO2. The number of aromatic nitrogens is 1. The number of pyridine rings is 1. The van der Waals surface area contributed by atoms with Gasteiger partial charge in [0.25, 0.3) is 6.43 Å². The number of hydrogen-bond acceptors (Lipinski definition) is 3. The highest BCUT2D eigenvalue weighted by molar-refractivity contribution is 6.29. The topological polar surface area (TPSA) is 39.2 Å². The van der Waals surface area contributed by atoms with Crippen LogP contribution in [0.25, 0.3) is 0 Å². The standard InChI is InChI=1S/C8H6ClF2NO2/c1-14-5-2-6(9)12-4(3-13)7(5)8(10)11/h2-3,8H,1H3. The lowest BCUT2D eigenvalue weighted by molar-refractivity contribution is 0.109. The highest BCUT2D eigenvalue weighted by Gasteiger charge is 2.20. The number of alkyl halides is 2. The molecule has 0 aliphatic heterocycles. The predicted molar refractivity (Wildman–Crippen MR) is 46.1 cm³/mol. The van der Waals surface area contributed by atoms with Crippen molar-refractivity contribution in [1.29, 1.82) is 0 Å². The second-order valence-corrected chi connectivity index (χ2v) is 2.75. The van der Waals surface area contributed by atoms with E-state index in [2.05, 4.69) is 9.72 Å². The van der Waals surface area contributed by atoms with Crippen LogP contribution in [0.3, 0.4) is 0 Å². The molecule has 0 N–H and O–H groups in total. The van der Waals surface area contributed by atoms with E-state index in [1.54, 1.807) is 0 Å². The van der Waals surface area contributed by atoms with Gasteiger partial charge in [-0.2, -0.15) is 0 Å². The second-order valence-electron chi connectivity index (χ2n) is 2.36. The quantitative estimate of drug-likeness (QED) is 0.582. The van der Waals surface area contributed by atoms with Crippen LogP contribution in [0.5, 0.6) is 5.75 Å². The van der Waals surface area contributed by atoms with Gasteiger partial charge in [-0.05, 0) is 0 Å². The highest BCUT2D eigenvalue weighted by atomic mass is 35.5. The molecule has 0 aliphatic rings. The molecule has 0 unspecified atom stereocenters. The number of hydrogen-bond donors (Lipinski definition) is 0. The van der Waals surface area contributed by atoms with E-state index < -0.39 is 17.7 Å². The number of methoxy groups -OCH3 is 1. The smallest absolute Gasteiger partial charge is 0.269 e. The van der Waals surface area contributed by atoms with Gasteiger partial charge in [-0.15, -0.1) is 0 Å². The first-order valence-electron chi connectivity index (χ1n) is 3.58. The van der Waals surface area contributed by atoms with Crippen molar-refractivity contribution in [2.75, 3.05) is 7.11 Å². The zero-order valence-electron chi connectivity index (χ0n) is 7.13. The van der Waals surface area contributed by atoms with Gasteiger partial charge in [0.05, 0.1) is 12.7 Å². The third-order valence-electron chi connectivity index (χ3n) is 1.57. The van der Waals surface area contributed by atoms with Crippen LogP contribution in [0.1, 0.15) is 22.5 Å². The first kappa shape index (κ1) is 10.8. The maximum atomic E-state index is 12.5. The molecule has 1 heterocycles. The summed E-state index contributed by atoms with van der Waals surface area (Å²) >= 11 is 5.49. The molecule has 0 atom stereocenters. The Kier molecular flexibility index (Phi) is 3.35. The average Bonchev–Trinajstić information content (AvgIpc) is 2.15. The van der Waals surface area contributed by atoms with E-state index in [9.17, 15) is 13.6 Å². The Morgan fingerprint density at radius 3 is 2.71 bits per heavy atom. The van der Waals surface area contributed by atoms with Crippen molar-refractivity contribution in [2.45, 2.75) is 6.43 Å². The number of carbonyl (C=O) groups is 1. The zero-order valence-corrected chi connectivity index (χ0v) is 7.89. The minimum atomic E-state index is -2.82. The van der Waals surface area contributed by atoms with Crippen LogP contribution in [0.2, 0.25) is 5.15 Å². The normalized spacial score (nSPS) is 10.4. The number of rotatable bonds is 3. The Morgan fingerprint density at radius 2 is 2.29 bits per heavy atom. The minimum Gasteiger partial charge on any atom is -0.496 e. The molecule has 0 amide bonds. The lowest BCUT2D eigenvalue weighted by Gasteiger charge is -2.09. The van der Waals surface area contributed by atoms with Crippen LogP contribution >= 0.6 is 11.6 Å². The summed E-state index contributed by atoms with van der Waals surface area (Å²) in [5, 5.41) is -0.0617. The van der Waals surface area contributed by atoms with Crippen molar-refractivity contribution >= 4 is 17.9 Å². The predicted octanol–water partition coefficient (Wildman–Crippen LogP) is 2.49. The van der Waals surface area contributed by atoms with Crippen LogP contribution in [0.15, 0.2) is 6.07 Å². The van der Waals surface area contributed by atoms with Gasteiger partial charge in [-0.3, -0.25) is 4.79 Å². The van der Waals surface area contributed by atoms with Crippen molar-refractivity contribution in [1.82, 2.24) is 4.98 Å². The van der Waals surface area contributed by atoms with Crippen LogP contribution in [0.4, 0.5) is 8.78 Å². The molecule has 0 aliphatic carbocycles. The SMILES string of the molecule is COc1cc(Cl)nc(C=O)c1C(F)F. The molecule has 0 spiro atoms. The van der Waals surface area contributed by atoms with Crippen molar-refractivity contribution < 1.29 is 18.3 Å². The lowest BCUT2D eigenvalue weighted by Crippen LogP contribution is -2.01. The molecule has 0 saturated carbocycles. The van der Waals surface area contributed by atoms with Gasteiger partial charge < -0.3 is 4.74 Å². The van der Waals surface area contributed by atoms with Crippen LogP contribution < -0.4 is 4.74 Å². The summed E-state index contributed by atoms with van der Waals surface area (Å²) in [4.78, 5) is 13.9. The number of nitrogens with zero attached hydrogens (tertiary/aromatic N) is 1. The Labute approximate surface area is 83.7 Å². The zero-order chi connectivity index (χ0) is 10.7. The van der Waals surface area contributed by atoms with E-state index in [-0.39, 0.29) is 17.2 Å². The number of carbonyl (C=O) groups excluding carboxylic acids is 1. The molecule has 0 saturated heterocycles. The molecule has 1 aromatic heterocycles. The maximum Gasteiger partial charge on any atom is 0.269 e. The maximum absolute atomic E-state index is 12.5. The molecule has 76 valence electrons. The molecule has 3 nitrogen and oxygen atoms in total. The van der Waals surface area contributed by atoms with Gasteiger partial charge in [0.2, 0.25) is 0 Å². The fraction of sp³-hybridized carbons (Fsp3) is 0.250. The summed E-state index contributed by atoms with van der Waals surface area (Å²) in [5.74, 6) is -0.137. The van der Waals surface area contributed by atoms with Crippen LogP contribution in [-0.4, -0.2) is 18.4 Å². The van der Waals surface area contributed by atoms with Gasteiger partial charge >= 0.3 is 0 Å². The second kappa shape index (κ2) is 4.32. The van der Waals surface area contributed by atoms with Crippen molar-refractivity contribution in [3.05, 3.63) is 22.5 Å². The molecule has 1 aromatic rings. The Hall–Kier alpha value is -1.23. The van der Waals surface area contributed by atoms with E-state index in [1.165, 1.54) is 7.11 Å². The molecule has 0 fully saturated rings. The third kappa shape index (κ3) is 1.98. The Bertz CT molecular complexity index is 357. The van der Waals surface area contributed by atoms with Gasteiger partial charge in [-0.1, -0.05) is 11.6 Å². The molecule has 1 rings (SSSR count). The van der Waals surface area contributed by atoms with Crippen LogP contribution in [-0.2, 0) is 0 Å². The summed E-state index contributed by atoms with van der Waals surface area (Å²) in [5.41, 5.74) is -0.934. The highest BCUT2D eigenvalue weighted by Crippen LogP contribution is 2.32. The number of aldehydes is 1. The summed E-state index contributed by atoms with van der Waals surface area (Å²) in [7, 11) is 1.21. The monoisotopic (exact) mass is 221 g/mol. The first-order chi connectivity index (χ1) is 6.60. The van der Waals surface area contributed by atoms with Gasteiger partial charge in [0, 0.05) is 6.07 Å². The van der Waals surface area contributed by atoms with E-state index in [0.29, 0.717) is 0 Å². The van der Waals surface area contributed by atoms with E-state index in [1.807, 2.05) is 0 Å². The Balaban J connectivity index is 3.40. The van der Waals surface area contributed by atoms with Crippen molar-refractivity contribution in [3.8, 4) is 5.75 Å². The fourth-order valence-electron chi connectivity index (χ4n) is 0.998. The van der Waals surface area contributed by atoms with Crippen molar-refractivity contribution in [2.24, 2.45) is 0 Å². The minimum absolute atomic E-state index is 0.0617. The van der Waals surface area contributed by atoms with Crippen LogP contribution in [0, 0.1) is 0 Å². The van der Waals surface area contributed by atoms with Gasteiger partial charge in [0.15, 0.2) is 6.29 Å². The fourth-order valence-corrected chi connectivity index (χ4v) is 1.19. The summed E-state index contributed by atoms with van der Waals surface area (Å²) in [6.07, 6.45) is -2.61. The molecular weight excluding hydrogens is 216 g/mol. The van der Waals surface area contributed by atoms with Crippen molar-refractivity contribution in [3.63, 3.8) is 0 Å². The largest absolute Gasteiger partial charge is 0.496 e. The van der Waals surface area contributed by atoms with Gasteiger partial charge in [0.1, 0.15) is 16.6 Å². The molecule has 0 bridgehead atoms. The number of halogens is 3. The molecule has 0 radical (unpaired) electrons. The Morgan fingerprint density at radius 1 is 1.64 bits per heavy atom. The number of ether oxygens (including phenoxy) is 1. The summed E-state index contributed by atoms with van der Waals surface area (Å²) < 4.78 is 29.6. The van der Waals surface area contributed by atoms with E-state index in [4.69, 9.17) is 11.6 Å². The lowest BCUT2D eigenvalue weighted by atomic mass is 10.2. The molecule has 6 heteroatoms. The van der Waals surface area contributed by atoms with E-state index >= 15 is 0 Å². The first-order valence-corrected chi connectivity index (χ1v) is 3.95. The molecule has 0 aromatic carbocycles. The third-order valence-corrected chi connectivity index (χ3v) is 1.76. The molecule has 14 heavy (non-hydrogen) atoms.